The van der Waals surface area contributed by atoms with Gasteiger partial charge in [-0.1, -0.05) is 35.6 Å². The van der Waals surface area contributed by atoms with Gasteiger partial charge in [-0.15, -0.1) is 0 Å². The maximum Gasteiger partial charge on any atom is 0.335 e. The minimum absolute atomic E-state index is 0.138. The SMILES string of the molecule is Cc1c(C(=O)O)cccc1-c1ccc(/C=c2/sc3nc4ccccc4n3c2=O)o1. The number of fused-ring (bicyclic) bond motifs is 3. The molecule has 0 aliphatic heterocycles. The monoisotopic (exact) mass is 402 g/mol. The third-order valence-corrected chi connectivity index (χ3v) is 5.84. The summed E-state index contributed by atoms with van der Waals surface area (Å²) in [4.78, 5) is 29.4. The number of benzene rings is 2. The van der Waals surface area contributed by atoms with Crippen molar-refractivity contribution in [2.24, 2.45) is 0 Å². The number of rotatable bonds is 3. The van der Waals surface area contributed by atoms with Crippen molar-refractivity contribution in [2.75, 3.05) is 0 Å². The highest BCUT2D eigenvalue weighted by atomic mass is 32.1. The normalized spacial score (nSPS) is 12.2. The molecule has 0 atom stereocenters. The Bertz CT molecular complexity index is 1520. The van der Waals surface area contributed by atoms with Crippen LogP contribution in [0.5, 0.6) is 0 Å². The Morgan fingerprint density at radius 2 is 1.97 bits per heavy atom. The third kappa shape index (κ3) is 2.75. The highest BCUT2D eigenvalue weighted by molar-refractivity contribution is 7.15. The Labute approximate surface area is 168 Å². The van der Waals surface area contributed by atoms with E-state index in [4.69, 9.17) is 4.42 Å². The van der Waals surface area contributed by atoms with E-state index in [0.717, 1.165) is 11.0 Å². The average molecular weight is 402 g/mol. The fourth-order valence-corrected chi connectivity index (χ4v) is 4.42. The predicted octanol–water partition coefficient (Wildman–Crippen LogP) is 3.72. The van der Waals surface area contributed by atoms with Crippen LogP contribution < -0.4 is 10.1 Å². The van der Waals surface area contributed by atoms with Crippen molar-refractivity contribution < 1.29 is 14.3 Å². The molecular weight excluding hydrogens is 388 g/mol. The first kappa shape index (κ1) is 17.4. The Kier molecular flexibility index (Phi) is 3.85. The number of carbonyl (C=O) groups is 1. The maximum atomic E-state index is 12.9. The number of para-hydroxylation sites is 2. The molecule has 1 N–H and O–H groups in total. The second-order valence-corrected chi connectivity index (χ2v) is 7.63. The number of aromatic carboxylic acids is 1. The minimum atomic E-state index is -0.979. The van der Waals surface area contributed by atoms with E-state index in [1.807, 2.05) is 30.3 Å². The zero-order valence-electron chi connectivity index (χ0n) is 15.2. The Balaban J connectivity index is 1.61. The summed E-state index contributed by atoms with van der Waals surface area (Å²) in [5.74, 6) is 0.0926. The molecule has 2 aromatic carbocycles. The second kappa shape index (κ2) is 6.42. The van der Waals surface area contributed by atoms with Crippen LogP contribution in [0.4, 0.5) is 0 Å². The largest absolute Gasteiger partial charge is 0.478 e. The van der Waals surface area contributed by atoms with E-state index in [2.05, 4.69) is 4.98 Å². The molecule has 0 amide bonds. The minimum Gasteiger partial charge on any atom is -0.478 e. The van der Waals surface area contributed by atoms with E-state index in [-0.39, 0.29) is 11.1 Å². The maximum absolute atomic E-state index is 12.9. The van der Waals surface area contributed by atoms with E-state index in [9.17, 15) is 14.7 Å². The van der Waals surface area contributed by atoms with Crippen LogP contribution in [0, 0.1) is 6.92 Å². The molecule has 0 saturated heterocycles. The van der Waals surface area contributed by atoms with Crippen LogP contribution >= 0.6 is 11.3 Å². The number of imidazole rings is 1. The van der Waals surface area contributed by atoms with Gasteiger partial charge in [-0.05, 0) is 42.8 Å². The molecule has 0 aliphatic rings. The van der Waals surface area contributed by atoms with Crippen molar-refractivity contribution in [3.05, 3.63) is 86.4 Å². The molecule has 0 saturated carbocycles. The van der Waals surface area contributed by atoms with Crippen molar-refractivity contribution in [3.8, 4) is 11.3 Å². The number of hydrogen-bond donors (Lipinski definition) is 1. The fourth-order valence-electron chi connectivity index (χ4n) is 3.45. The lowest BCUT2D eigenvalue weighted by Gasteiger charge is -2.05. The highest BCUT2D eigenvalue weighted by Gasteiger charge is 2.14. The van der Waals surface area contributed by atoms with Gasteiger partial charge in [-0.3, -0.25) is 4.79 Å². The van der Waals surface area contributed by atoms with Crippen LogP contribution in [0.1, 0.15) is 21.7 Å². The second-order valence-electron chi connectivity index (χ2n) is 6.62. The summed E-state index contributed by atoms with van der Waals surface area (Å²) < 4.78 is 8.02. The molecule has 7 heteroatoms. The van der Waals surface area contributed by atoms with Crippen LogP contribution in [0.25, 0.3) is 33.4 Å². The van der Waals surface area contributed by atoms with E-state index < -0.39 is 5.97 Å². The number of aromatic nitrogens is 2. The standard InChI is InChI=1S/C22H14N2O4S/c1-12-14(5-4-6-15(12)21(26)27)18-10-9-13(28-18)11-19-20(25)24-17-8-3-2-7-16(17)23-22(24)29-19/h2-11H,1H3,(H,26,27)/b19-11+. The molecule has 0 bridgehead atoms. The molecule has 3 aromatic heterocycles. The number of carboxylic acids is 1. The molecule has 0 spiro atoms. The first-order valence-electron chi connectivity index (χ1n) is 8.88. The van der Waals surface area contributed by atoms with Crippen molar-refractivity contribution in [1.82, 2.24) is 9.38 Å². The zero-order chi connectivity index (χ0) is 20.1. The number of carboxylic acid groups (broad SMARTS) is 1. The van der Waals surface area contributed by atoms with Crippen molar-refractivity contribution >= 4 is 39.4 Å². The lowest BCUT2D eigenvalue weighted by molar-refractivity contribution is 0.0696. The topological polar surface area (TPSA) is 84.8 Å². The molecular formula is C22H14N2O4S. The van der Waals surface area contributed by atoms with Crippen LogP contribution in [-0.4, -0.2) is 20.5 Å². The van der Waals surface area contributed by atoms with Crippen LogP contribution in [0.2, 0.25) is 0 Å². The van der Waals surface area contributed by atoms with Gasteiger partial charge in [0.25, 0.3) is 5.56 Å². The van der Waals surface area contributed by atoms with E-state index in [0.29, 0.717) is 32.1 Å². The molecule has 0 aliphatic carbocycles. The van der Waals surface area contributed by atoms with E-state index in [1.54, 1.807) is 41.7 Å². The molecule has 5 aromatic rings. The molecule has 0 fully saturated rings. The van der Waals surface area contributed by atoms with Crippen LogP contribution in [0.15, 0.2) is 63.8 Å². The summed E-state index contributed by atoms with van der Waals surface area (Å²) in [5.41, 5.74) is 3.00. The average Bonchev–Trinajstić information content (AvgIpc) is 3.38. The molecule has 0 unspecified atom stereocenters. The van der Waals surface area contributed by atoms with Crippen molar-refractivity contribution in [2.45, 2.75) is 6.92 Å². The predicted molar refractivity (Wildman–Crippen MR) is 111 cm³/mol. The Morgan fingerprint density at radius 1 is 1.14 bits per heavy atom. The summed E-state index contributed by atoms with van der Waals surface area (Å²) in [5, 5.41) is 9.31. The summed E-state index contributed by atoms with van der Waals surface area (Å²) in [6.45, 7) is 1.75. The summed E-state index contributed by atoms with van der Waals surface area (Å²) >= 11 is 1.31. The van der Waals surface area contributed by atoms with Gasteiger partial charge in [-0.25, -0.2) is 14.2 Å². The number of nitrogens with zero attached hydrogens (tertiary/aromatic N) is 2. The summed E-state index contributed by atoms with van der Waals surface area (Å²) in [6, 6.07) is 16.1. The smallest absolute Gasteiger partial charge is 0.335 e. The summed E-state index contributed by atoms with van der Waals surface area (Å²) in [7, 11) is 0. The van der Waals surface area contributed by atoms with Crippen LogP contribution in [0.3, 0.4) is 0 Å². The van der Waals surface area contributed by atoms with Gasteiger partial charge in [0.15, 0.2) is 4.96 Å². The molecule has 3 heterocycles. The number of hydrogen-bond acceptors (Lipinski definition) is 5. The van der Waals surface area contributed by atoms with E-state index >= 15 is 0 Å². The van der Waals surface area contributed by atoms with Crippen molar-refractivity contribution in [1.29, 1.82) is 0 Å². The molecule has 5 rings (SSSR count). The van der Waals surface area contributed by atoms with Gasteiger partial charge >= 0.3 is 5.97 Å². The Morgan fingerprint density at radius 3 is 2.79 bits per heavy atom. The lowest BCUT2D eigenvalue weighted by atomic mass is 10.0. The van der Waals surface area contributed by atoms with Gasteiger partial charge < -0.3 is 9.52 Å². The summed E-state index contributed by atoms with van der Waals surface area (Å²) in [6.07, 6.45) is 1.69. The fraction of sp³-hybridized carbons (Fsp3) is 0.0455. The van der Waals surface area contributed by atoms with E-state index in [1.165, 1.54) is 11.3 Å². The highest BCUT2D eigenvalue weighted by Crippen LogP contribution is 2.28. The first-order valence-corrected chi connectivity index (χ1v) is 9.69. The van der Waals surface area contributed by atoms with Crippen LogP contribution in [-0.2, 0) is 0 Å². The molecule has 0 radical (unpaired) electrons. The quantitative estimate of drug-likeness (QED) is 0.497. The number of furan rings is 1. The van der Waals surface area contributed by atoms with Gasteiger partial charge in [0, 0.05) is 11.6 Å². The van der Waals surface area contributed by atoms with Crippen molar-refractivity contribution in [3.63, 3.8) is 0 Å². The molecule has 29 heavy (non-hydrogen) atoms. The third-order valence-electron chi connectivity index (χ3n) is 4.87. The van der Waals surface area contributed by atoms with Gasteiger partial charge in [0.2, 0.25) is 0 Å². The van der Waals surface area contributed by atoms with Gasteiger partial charge in [-0.2, -0.15) is 0 Å². The van der Waals surface area contributed by atoms with Gasteiger partial charge in [0.1, 0.15) is 16.1 Å². The first-order chi connectivity index (χ1) is 14.0. The lowest BCUT2D eigenvalue weighted by Crippen LogP contribution is -2.22. The number of thiazole rings is 1. The van der Waals surface area contributed by atoms with Gasteiger partial charge in [0.05, 0.1) is 16.6 Å². The molecule has 6 nitrogen and oxygen atoms in total. The zero-order valence-corrected chi connectivity index (χ0v) is 16.1. The Hall–Kier alpha value is -3.71. The molecule has 142 valence electrons.